The zero-order valence-corrected chi connectivity index (χ0v) is 14.8. The number of hydrogen-bond donors (Lipinski definition) is 1. The molecule has 1 aliphatic heterocycles. The molecule has 0 spiro atoms. The number of aromatic nitrogens is 1. The lowest BCUT2D eigenvalue weighted by molar-refractivity contribution is 0.104. The summed E-state index contributed by atoms with van der Waals surface area (Å²) in [6.45, 7) is 0.884. The lowest BCUT2D eigenvalue weighted by Crippen LogP contribution is -2.31. The highest BCUT2D eigenvalue weighted by atomic mass is 32.2. The van der Waals surface area contributed by atoms with Crippen LogP contribution in [-0.2, 0) is 9.84 Å². The van der Waals surface area contributed by atoms with E-state index < -0.39 is 9.84 Å². The molecule has 0 radical (unpaired) electrons. The van der Waals surface area contributed by atoms with Crippen molar-refractivity contribution in [3.05, 3.63) is 40.9 Å². The molecule has 1 aliphatic rings. The van der Waals surface area contributed by atoms with Crippen LogP contribution in [-0.4, -0.2) is 49.7 Å². The zero-order chi connectivity index (χ0) is 17.3. The lowest BCUT2D eigenvalue weighted by atomic mass is 10.1. The van der Waals surface area contributed by atoms with E-state index in [4.69, 9.17) is 0 Å². The molecule has 0 amide bonds. The van der Waals surface area contributed by atoms with Crippen LogP contribution in [0.4, 0.5) is 5.13 Å². The van der Waals surface area contributed by atoms with E-state index in [1.54, 1.807) is 12.1 Å². The van der Waals surface area contributed by atoms with E-state index >= 15 is 0 Å². The predicted molar refractivity (Wildman–Crippen MR) is 92.6 cm³/mol. The number of carbonyl (C=O) groups is 1. The highest BCUT2D eigenvalue weighted by Gasteiger charge is 2.27. The van der Waals surface area contributed by atoms with Gasteiger partial charge in [0.1, 0.15) is 0 Å². The number of hydrogen-bond acceptors (Lipinski definition) is 7. The number of benzene rings is 1. The largest absolute Gasteiger partial charge is 0.394 e. The summed E-state index contributed by atoms with van der Waals surface area (Å²) in [5.74, 6) is -0.246. The highest BCUT2D eigenvalue weighted by Crippen LogP contribution is 2.30. The van der Waals surface area contributed by atoms with E-state index in [9.17, 15) is 18.3 Å². The number of ketones is 1. The Morgan fingerprint density at radius 2 is 2.25 bits per heavy atom. The van der Waals surface area contributed by atoms with Crippen molar-refractivity contribution in [2.75, 3.05) is 24.3 Å². The molecule has 1 aromatic heterocycles. The summed E-state index contributed by atoms with van der Waals surface area (Å²) < 4.78 is 23.3. The molecule has 0 bridgehead atoms. The number of anilines is 1. The Morgan fingerprint density at radius 3 is 2.96 bits per heavy atom. The number of aliphatic hydroxyl groups excluding tert-OH is 1. The Bertz CT molecular complexity index is 860. The first-order chi connectivity index (χ1) is 11.4. The molecule has 0 aliphatic carbocycles. The molecule has 2 aromatic rings. The van der Waals surface area contributed by atoms with Gasteiger partial charge in [0.2, 0.25) is 5.78 Å². The molecule has 3 rings (SSSR count). The molecule has 1 atom stereocenters. The van der Waals surface area contributed by atoms with Crippen molar-refractivity contribution in [2.45, 2.75) is 23.8 Å². The van der Waals surface area contributed by atoms with Crippen molar-refractivity contribution in [2.24, 2.45) is 0 Å². The van der Waals surface area contributed by atoms with E-state index in [1.165, 1.54) is 29.7 Å². The standard InChI is InChI=1S/C16H18N2O4S2/c1-24(21,22)13-6-2-4-11(8-13)15(20)14-9-17-16(23-14)18-7-3-5-12(18)10-19/h2,4,6,8-9,12,19H,3,5,7,10H2,1H3/t12-/m1/s1. The van der Waals surface area contributed by atoms with E-state index in [0.29, 0.717) is 15.6 Å². The lowest BCUT2D eigenvalue weighted by Gasteiger charge is -2.21. The molecular formula is C16H18N2O4S2. The third-order valence-corrected chi connectivity index (χ3v) is 6.22. The van der Waals surface area contributed by atoms with Gasteiger partial charge in [-0.25, -0.2) is 13.4 Å². The van der Waals surface area contributed by atoms with Gasteiger partial charge in [-0.15, -0.1) is 0 Å². The summed E-state index contributed by atoms with van der Waals surface area (Å²) >= 11 is 1.27. The monoisotopic (exact) mass is 366 g/mol. The van der Waals surface area contributed by atoms with Gasteiger partial charge in [-0.1, -0.05) is 23.5 Å². The second-order valence-electron chi connectivity index (χ2n) is 5.81. The summed E-state index contributed by atoms with van der Waals surface area (Å²) in [7, 11) is -3.36. The fourth-order valence-corrected chi connectivity index (χ4v) is 4.43. The summed E-state index contributed by atoms with van der Waals surface area (Å²) in [5.41, 5.74) is 0.327. The fourth-order valence-electron chi connectivity index (χ4n) is 2.79. The molecule has 128 valence electrons. The van der Waals surface area contributed by atoms with Gasteiger partial charge in [0, 0.05) is 18.4 Å². The first-order valence-corrected chi connectivity index (χ1v) is 10.3. The van der Waals surface area contributed by atoms with Crippen molar-refractivity contribution < 1.29 is 18.3 Å². The van der Waals surface area contributed by atoms with E-state index in [0.717, 1.165) is 25.6 Å². The number of rotatable bonds is 5. The average molecular weight is 366 g/mol. The second kappa shape index (κ2) is 6.62. The third kappa shape index (κ3) is 3.35. The van der Waals surface area contributed by atoms with Crippen LogP contribution in [0, 0.1) is 0 Å². The Kier molecular flexibility index (Phi) is 4.71. The molecular weight excluding hydrogens is 348 g/mol. The minimum atomic E-state index is -3.36. The number of aliphatic hydroxyl groups is 1. The quantitative estimate of drug-likeness (QED) is 0.811. The number of thiazole rings is 1. The maximum Gasteiger partial charge on any atom is 0.204 e. The Labute approximate surface area is 144 Å². The minimum Gasteiger partial charge on any atom is -0.394 e. The van der Waals surface area contributed by atoms with Crippen LogP contribution in [0.3, 0.4) is 0 Å². The maximum atomic E-state index is 12.6. The van der Waals surface area contributed by atoms with Crippen LogP contribution in [0.25, 0.3) is 0 Å². The normalized spacial score (nSPS) is 18.1. The topological polar surface area (TPSA) is 87.6 Å². The van der Waals surface area contributed by atoms with Gasteiger partial charge in [-0.3, -0.25) is 4.79 Å². The number of carbonyl (C=O) groups excluding carboxylic acids is 1. The van der Waals surface area contributed by atoms with Gasteiger partial charge in [0.05, 0.1) is 28.6 Å². The zero-order valence-electron chi connectivity index (χ0n) is 13.2. The van der Waals surface area contributed by atoms with Crippen LogP contribution in [0.15, 0.2) is 35.4 Å². The molecule has 24 heavy (non-hydrogen) atoms. The van der Waals surface area contributed by atoms with Crippen LogP contribution in [0.1, 0.15) is 28.1 Å². The summed E-state index contributed by atoms with van der Waals surface area (Å²) in [6.07, 6.45) is 4.53. The molecule has 2 heterocycles. The van der Waals surface area contributed by atoms with Gasteiger partial charge in [0.25, 0.3) is 0 Å². The Morgan fingerprint density at radius 1 is 1.46 bits per heavy atom. The van der Waals surface area contributed by atoms with Crippen LogP contribution in [0.5, 0.6) is 0 Å². The van der Waals surface area contributed by atoms with Crippen LogP contribution >= 0.6 is 11.3 Å². The second-order valence-corrected chi connectivity index (χ2v) is 8.83. The SMILES string of the molecule is CS(=O)(=O)c1cccc(C(=O)c2cnc(N3CCC[C@@H]3CO)s2)c1. The smallest absolute Gasteiger partial charge is 0.204 e. The molecule has 6 nitrogen and oxygen atoms in total. The third-order valence-electron chi connectivity index (χ3n) is 4.08. The van der Waals surface area contributed by atoms with Gasteiger partial charge in [-0.05, 0) is 25.0 Å². The van der Waals surface area contributed by atoms with E-state index in [1.807, 2.05) is 4.90 Å². The van der Waals surface area contributed by atoms with Crippen LogP contribution in [0.2, 0.25) is 0 Å². The molecule has 1 fully saturated rings. The summed E-state index contributed by atoms with van der Waals surface area (Å²) in [4.78, 5) is 19.5. The van der Waals surface area contributed by atoms with Gasteiger partial charge < -0.3 is 10.0 Å². The minimum absolute atomic E-state index is 0.0488. The van der Waals surface area contributed by atoms with E-state index in [2.05, 4.69) is 4.98 Å². The van der Waals surface area contributed by atoms with Crippen LogP contribution < -0.4 is 4.90 Å². The fraction of sp³-hybridized carbons (Fsp3) is 0.375. The van der Waals surface area contributed by atoms with Crippen molar-refractivity contribution in [1.29, 1.82) is 0 Å². The molecule has 0 unspecified atom stereocenters. The Hall–Kier alpha value is -1.77. The van der Waals surface area contributed by atoms with E-state index in [-0.39, 0.29) is 23.3 Å². The van der Waals surface area contributed by atoms with Gasteiger partial charge in [-0.2, -0.15) is 0 Å². The molecule has 8 heteroatoms. The highest BCUT2D eigenvalue weighted by molar-refractivity contribution is 7.90. The van der Waals surface area contributed by atoms with Gasteiger partial charge in [0.15, 0.2) is 15.0 Å². The maximum absolute atomic E-state index is 12.6. The van der Waals surface area contributed by atoms with Crippen molar-refractivity contribution in [3.63, 3.8) is 0 Å². The van der Waals surface area contributed by atoms with Crippen molar-refractivity contribution in [3.8, 4) is 0 Å². The van der Waals surface area contributed by atoms with Crippen molar-refractivity contribution >= 4 is 32.1 Å². The van der Waals surface area contributed by atoms with Gasteiger partial charge >= 0.3 is 0 Å². The van der Waals surface area contributed by atoms with Crippen molar-refractivity contribution in [1.82, 2.24) is 4.98 Å². The Balaban J connectivity index is 1.87. The molecule has 1 N–H and O–H groups in total. The predicted octanol–water partition coefficient (Wildman–Crippen LogP) is 1.74. The first kappa shape index (κ1) is 17.1. The molecule has 1 saturated heterocycles. The number of nitrogens with zero attached hydrogens (tertiary/aromatic N) is 2. The summed E-state index contributed by atoms with van der Waals surface area (Å²) in [6, 6.07) is 6.08. The summed E-state index contributed by atoms with van der Waals surface area (Å²) in [5, 5.41) is 10.1. The molecule has 1 aromatic carbocycles. The average Bonchev–Trinajstić information content (AvgIpc) is 3.22. The first-order valence-electron chi connectivity index (χ1n) is 7.58. The number of sulfone groups is 1. The molecule has 0 saturated carbocycles.